The van der Waals surface area contributed by atoms with E-state index in [9.17, 15) is 0 Å². The first-order valence-electron chi connectivity index (χ1n) is 9.89. The highest BCUT2D eigenvalue weighted by Gasteiger charge is 2.24. The van der Waals surface area contributed by atoms with Gasteiger partial charge in [-0.05, 0) is 55.8 Å². The third-order valence-electron chi connectivity index (χ3n) is 5.68. The van der Waals surface area contributed by atoms with Gasteiger partial charge >= 0.3 is 0 Å². The molecular formula is C22H29N3. The fraction of sp³-hybridized carbons (Fsp3) is 0.500. The highest BCUT2D eigenvalue weighted by Crippen LogP contribution is 2.32. The molecule has 2 aromatic rings. The minimum atomic E-state index is 0.511. The fourth-order valence-corrected chi connectivity index (χ4v) is 4.28. The Hall–Kier alpha value is -1.87. The van der Waals surface area contributed by atoms with Crippen LogP contribution in [0.2, 0.25) is 0 Å². The van der Waals surface area contributed by atoms with E-state index in [1.165, 1.54) is 56.2 Å². The highest BCUT2D eigenvalue weighted by atomic mass is 15.2. The van der Waals surface area contributed by atoms with Crippen molar-refractivity contribution in [2.45, 2.75) is 51.1 Å². The van der Waals surface area contributed by atoms with Crippen LogP contribution in [0.4, 0.5) is 5.82 Å². The maximum atomic E-state index is 4.82. The summed E-state index contributed by atoms with van der Waals surface area (Å²) in [5.41, 5.74) is 2.80. The number of pyridine rings is 1. The molecule has 2 fully saturated rings. The van der Waals surface area contributed by atoms with Gasteiger partial charge in [0, 0.05) is 31.9 Å². The molecule has 2 aliphatic heterocycles. The van der Waals surface area contributed by atoms with E-state index in [-0.39, 0.29) is 0 Å². The smallest absolute Gasteiger partial charge is 0.128 e. The number of nitrogens with zero attached hydrogens (tertiary/aromatic N) is 3. The lowest BCUT2D eigenvalue weighted by molar-refractivity contribution is 0.140. The summed E-state index contributed by atoms with van der Waals surface area (Å²) in [5.74, 6) is 1.16. The summed E-state index contributed by atoms with van der Waals surface area (Å²) in [6.45, 7) is 4.55. The highest BCUT2D eigenvalue weighted by molar-refractivity contribution is 5.40. The molecule has 3 heteroatoms. The summed E-state index contributed by atoms with van der Waals surface area (Å²) in [6.07, 6.45) is 9.99. The second kappa shape index (κ2) is 8.01. The van der Waals surface area contributed by atoms with Crippen LogP contribution in [0.5, 0.6) is 0 Å². The van der Waals surface area contributed by atoms with Crippen LogP contribution in [0, 0.1) is 0 Å². The molecule has 3 heterocycles. The van der Waals surface area contributed by atoms with Crippen LogP contribution < -0.4 is 4.90 Å². The van der Waals surface area contributed by atoms with Gasteiger partial charge in [-0.25, -0.2) is 4.98 Å². The molecule has 3 nitrogen and oxygen atoms in total. The maximum absolute atomic E-state index is 4.82. The lowest BCUT2D eigenvalue weighted by Crippen LogP contribution is -2.33. The molecule has 2 saturated heterocycles. The molecule has 0 amide bonds. The standard InChI is InChI=1S/C22H29N3/c1-3-9-19(10-4-1)18-25-16-8-5-11-21(25)20-12-13-22(23-17-20)24-14-6-2-7-15-24/h1,3-4,9-10,12-13,17,21H,2,5-8,11,14-16,18H2. The summed E-state index contributed by atoms with van der Waals surface area (Å²) in [5, 5.41) is 0. The minimum absolute atomic E-state index is 0.511. The summed E-state index contributed by atoms with van der Waals surface area (Å²) in [6, 6.07) is 15.9. The van der Waals surface area contributed by atoms with E-state index >= 15 is 0 Å². The van der Waals surface area contributed by atoms with Crippen molar-refractivity contribution in [3.8, 4) is 0 Å². The van der Waals surface area contributed by atoms with Crippen molar-refractivity contribution >= 4 is 5.82 Å². The molecule has 0 aliphatic carbocycles. The van der Waals surface area contributed by atoms with Crippen LogP contribution in [0.25, 0.3) is 0 Å². The Labute approximate surface area is 151 Å². The molecule has 0 bridgehead atoms. The Morgan fingerprint density at radius 3 is 2.40 bits per heavy atom. The van der Waals surface area contributed by atoms with Crippen LogP contribution in [-0.2, 0) is 6.54 Å². The molecule has 1 unspecified atom stereocenters. The number of hydrogen-bond donors (Lipinski definition) is 0. The molecular weight excluding hydrogens is 306 g/mol. The van der Waals surface area contributed by atoms with Crippen molar-refractivity contribution in [2.75, 3.05) is 24.5 Å². The topological polar surface area (TPSA) is 19.4 Å². The van der Waals surface area contributed by atoms with Crippen molar-refractivity contribution < 1.29 is 0 Å². The third kappa shape index (κ3) is 4.04. The van der Waals surface area contributed by atoms with E-state index in [1.54, 1.807) is 0 Å². The predicted molar refractivity (Wildman–Crippen MR) is 104 cm³/mol. The van der Waals surface area contributed by atoms with Crippen molar-refractivity contribution in [3.63, 3.8) is 0 Å². The zero-order chi connectivity index (χ0) is 16.9. The summed E-state index contributed by atoms with van der Waals surface area (Å²) in [7, 11) is 0. The number of anilines is 1. The number of likely N-dealkylation sites (tertiary alicyclic amines) is 1. The Bertz CT molecular complexity index is 647. The third-order valence-corrected chi connectivity index (χ3v) is 5.68. The van der Waals surface area contributed by atoms with E-state index in [2.05, 4.69) is 58.5 Å². The Morgan fingerprint density at radius 1 is 0.840 bits per heavy atom. The fourth-order valence-electron chi connectivity index (χ4n) is 4.28. The molecule has 132 valence electrons. The van der Waals surface area contributed by atoms with Gasteiger partial charge < -0.3 is 4.90 Å². The average molecular weight is 335 g/mol. The monoisotopic (exact) mass is 335 g/mol. The Morgan fingerprint density at radius 2 is 1.64 bits per heavy atom. The Balaban J connectivity index is 1.48. The summed E-state index contributed by atoms with van der Waals surface area (Å²) in [4.78, 5) is 9.89. The summed E-state index contributed by atoms with van der Waals surface area (Å²) < 4.78 is 0. The van der Waals surface area contributed by atoms with Gasteiger partial charge in [-0.1, -0.05) is 42.8 Å². The normalized spacial score (nSPS) is 22.1. The quantitative estimate of drug-likeness (QED) is 0.800. The predicted octanol–water partition coefficient (Wildman–Crippen LogP) is 4.80. The molecule has 4 rings (SSSR count). The first-order chi connectivity index (χ1) is 12.4. The molecule has 1 aromatic carbocycles. The van der Waals surface area contributed by atoms with E-state index in [4.69, 9.17) is 4.98 Å². The number of piperidine rings is 2. The van der Waals surface area contributed by atoms with Gasteiger partial charge in [0.15, 0.2) is 0 Å². The molecule has 0 spiro atoms. The first-order valence-corrected chi connectivity index (χ1v) is 9.89. The van der Waals surface area contributed by atoms with Crippen molar-refractivity contribution in [2.24, 2.45) is 0 Å². The van der Waals surface area contributed by atoms with Crippen LogP contribution in [-0.4, -0.2) is 29.5 Å². The number of aromatic nitrogens is 1. The summed E-state index contributed by atoms with van der Waals surface area (Å²) >= 11 is 0. The van der Waals surface area contributed by atoms with Crippen LogP contribution >= 0.6 is 0 Å². The molecule has 0 radical (unpaired) electrons. The van der Waals surface area contributed by atoms with Crippen LogP contribution in [0.3, 0.4) is 0 Å². The molecule has 25 heavy (non-hydrogen) atoms. The molecule has 0 N–H and O–H groups in total. The Kier molecular flexibility index (Phi) is 5.31. The van der Waals surface area contributed by atoms with Crippen LogP contribution in [0.15, 0.2) is 48.7 Å². The van der Waals surface area contributed by atoms with E-state index in [0.717, 1.165) is 25.5 Å². The molecule has 0 saturated carbocycles. The molecule has 1 aromatic heterocycles. The average Bonchev–Trinajstić information content (AvgIpc) is 2.70. The van der Waals surface area contributed by atoms with E-state index < -0.39 is 0 Å². The van der Waals surface area contributed by atoms with Crippen molar-refractivity contribution in [3.05, 3.63) is 59.8 Å². The molecule has 2 aliphatic rings. The van der Waals surface area contributed by atoms with E-state index in [1.807, 2.05) is 0 Å². The van der Waals surface area contributed by atoms with Crippen molar-refractivity contribution in [1.29, 1.82) is 0 Å². The largest absolute Gasteiger partial charge is 0.357 e. The van der Waals surface area contributed by atoms with Gasteiger partial charge in [-0.3, -0.25) is 4.90 Å². The maximum Gasteiger partial charge on any atom is 0.128 e. The van der Waals surface area contributed by atoms with E-state index in [0.29, 0.717) is 6.04 Å². The number of hydrogen-bond acceptors (Lipinski definition) is 3. The van der Waals surface area contributed by atoms with Gasteiger partial charge in [0.05, 0.1) is 0 Å². The van der Waals surface area contributed by atoms with Crippen LogP contribution in [0.1, 0.15) is 55.7 Å². The zero-order valence-corrected chi connectivity index (χ0v) is 15.1. The number of rotatable bonds is 4. The first kappa shape index (κ1) is 16.6. The van der Waals surface area contributed by atoms with Gasteiger partial charge in [0.25, 0.3) is 0 Å². The molecule has 1 atom stereocenters. The second-order valence-corrected chi connectivity index (χ2v) is 7.47. The SMILES string of the molecule is c1ccc(CN2CCCCC2c2ccc(N3CCCCC3)nc2)cc1. The lowest BCUT2D eigenvalue weighted by Gasteiger charge is -2.36. The zero-order valence-electron chi connectivity index (χ0n) is 15.1. The minimum Gasteiger partial charge on any atom is -0.357 e. The van der Waals surface area contributed by atoms with Gasteiger partial charge in [-0.15, -0.1) is 0 Å². The second-order valence-electron chi connectivity index (χ2n) is 7.47. The lowest BCUT2D eigenvalue weighted by atomic mass is 9.95. The van der Waals surface area contributed by atoms with Gasteiger partial charge in [0.1, 0.15) is 5.82 Å². The van der Waals surface area contributed by atoms with Crippen molar-refractivity contribution in [1.82, 2.24) is 9.88 Å². The van der Waals surface area contributed by atoms with Gasteiger partial charge in [0.2, 0.25) is 0 Å². The van der Waals surface area contributed by atoms with Gasteiger partial charge in [-0.2, -0.15) is 0 Å². The number of benzene rings is 1.